The number of hydrogen-bond donors (Lipinski definition) is 0. The summed E-state index contributed by atoms with van der Waals surface area (Å²) in [4.78, 5) is 0. The van der Waals surface area contributed by atoms with Crippen LogP contribution in [-0.4, -0.2) is 4.57 Å². The van der Waals surface area contributed by atoms with Crippen molar-refractivity contribution in [3.8, 4) is 0 Å². The van der Waals surface area contributed by atoms with Crippen LogP contribution in [0, 0.1) is 18.6 Å². The van der Waals surface area contributed by atoms with Gasteiger partial charge in [0.05, 0.1) is 5.52 Å². The highest BCUT2D eigenvalue weighted by atomic mass is 19.2. The molecule has 0 atom stereocenters. The minimum absolute atomic E-state index is 0.347. The van der Waals surface area contributed by atoms with Gasteiger partial charge in [-0.3, -0.25) is 0 Å². The third kappa shape index (κ3) is 1.03. The molecule has 1 nitrogen and oxygen atoms in total. The molecule has 2 aromatic rings. The van der Waals surface area contributed by atoms with Crippen molar-refractivity contribution in [2.45, 2.75) is 6.92 Å². The fraction of sp³-hybridized carbons (Fsp3) is 0.200. The van der Waals surface area contributed by atoms with Gasteiger partial charge in [-0.25, -0.2) is 8.78 Å². The Morgan fingerprint density at radius 1 is 1.31 bits per heavy atom. The minimum atomic E-state index is -0.781. The molecule has 0 spiro atoms. The molecule has 2 rings (SSSR count). The van der Waals surface area contributed by atoms with Crippen LogP contribution in [0.5, 0.6) is 0 Å². The molecule has 1 aromatic heterocycles. The highest BCUT2D eigenvalue weighted by Crippen LogP contribution is 2.24. The summed E-state index contributed by atoms with van der Waals surface area (Å²) in [5, 5.41) is 0.347. The van der Waals surface area contributed by atoms with Crippen molar-refractivity contribution in [3.05, 3.63) is 35.5 Å². The number of aromatic nitrogens is 1. The Kier molecular flexibility index (Phi) is 1.62. The molecule has 0 aliphatic carbocycles. The number of hydrogen-bond acceptors (Lipinski definition) is 0. The van der Waals surface area contributed by atoms with Crippen molar-refractivity contribution >= 4 is 10.9 Å². The Morgan fingerprint density at radius 3 is 2.69 bits per heavy atom. The summed E-state index contributed by atoms with van der Waals surface area (Å²) in [5.41, 5.74) is 1.50. The molecule has 0 bridgehead atoms. The van der Waals surface area contributed by atoms with E-state index in [1.807, 2.05) is 7.05 Å². The zero-order chi connectivity index (χ0) is 9.59. The van der Waals surface area contributed by atoms with Crippen LogP contribution in [-0.2, 0) is 7.05 Å². The monoisotopic (exact) mass is 181 g/mol. The average Bonchev–Trinajstić information content (AvgIpc) is 2.44. The van der Waals surface area contributed by atoms with Gasteiger partial charge in [0, 0.05) is 18.6 Å². The zero-order valence-corrected chi connectivity index (χ0v) is 7.44. The van der Waals surface area contributed by atoms with Crippen molar-refractivity contribution in [2.24, 2.45) is 7.05 Å². The van der Waals surface area contributed by atoms with E-state index in [9.17, 15) is 8.78 Å². The number of halogens is 2. The second-order valence-corrected chi connectivity index (χ2v) is 3.18. The molecule has 0 amide bonds. The zero-order valence-electron chi connectivity index (χ0n) is 7.44. The summed E-state index contributed by atoms with van der Waals surface area (Å²) < 4.78 is 27.9. The van der Waals surface area contributed by atoms with Crippen LogP contribution in [0.25, 0.3) is 10.9 Å². The van der Waals surface area contributed by atoms with Gasteiger partial charge >= 0.3 is 0 Å². The van der Waals surface area contributed by atoms with Gasteiger partial charge in [0.2, 0.25) is 0 Å². The molecular formula is C10H9F2N. The van der Waals surface area contributed by atoms with Gasteiger partial charge in [0.25, 0.3) is 0 Å². The molecule has 3 heteroatoms. The first kappa shape index (κ1) is 8.23. The first-order chi connectivity index (χ1) is 6.11. The summed E-state index contributed by atoms with van der Waals surface area (Å²) in [6, 6.07) is 2.80. The summed E-state index contributed by atoms with van der Waals surface area (Å²) in [7, 11) is 1.81. The molecule has 0 fully saturated rings. The lowest BCUT2D eigenvalue weighted by Crippen LogP contribution is -1.92. The van der Waals surface area contributed by atoms with Crippen LogP contribution in [0.4, 0.5) is 8.78 Å². The van der Waals surface area contributed by atoms with E-state index in [0.717, 1.165) is 11.1 Å². The van der Waals surface area contributed by atoms with E-state index in [0.29, 0.717) is 5.39 Å². The van der Waals surface area contributed by atoms with Crippen LogP contribution in [0.2, 0.25) is 0 Å². The lowest BCUT2D eigenvalue weighted by molar-refractivity contribution is 0.516. The van der Waals surface area contributed by atoms with E-state index in [1.165, 1.54) is 6.07 Å². The highest BCUT2D eigenvalue weighted by Gasteiger charge is 2.11. The van der Waals surface area contributed by atoms with Crippen molar-refractivity contribution in [3.63, 3.8) is 0 Å². The average molecular weight is 181 g/mol. The third-order valence-corrected chi connectivity index (χ3v) is 2.24. The molecule has 0 N–H and O–H groups in total. The fourth-order valence-electron chi connectivity index (χ4n) is 1.65. The van der Waals surface area contributed by atoms with Crippen LogP contribution < -0.4 is 0 Å². The third-order valence-electron chi connectivity index (χ3n) is 2.24. The maximum atomic E-state index is 13.2. The summed E-state index contributed by atoms with van der Waals surface area (Å²) in [5.74, 6) is -1.54. The van der Waals surface area contributed by atoms with Gasteiger partial charge in [-0.15, -0.1) is 0 Å². The Morgan fingerprint density at radius 2 is 2.00 bits per heavy atom. The number of aryl methyl sites for hydroxylation is 2. The van der Waals surface area contributed by atoms with E-state index < -0.39 is 11.6 Å². The molecule has 0 aliphatic rings. The molecule has 68 valence electrons. The highest BCUT2D eigenvalue weighted by molar-refractivity contribution is 5.83. The molecule has 0 aliphatic heterocycles. The normalized spacial score (nSPS) is 11.1. The summed E-state index contributed by atoms with van der Waals surface area (Å²) in [6.07, 6.45) is 1.72. The van der Waals surface area contributed by atoms with Crippen LogP contribution in [0.1, 0.15) is 5.56 Å². The molecule has 13 heavy (non-hydrogen) atoms. The standard InChI is InChI=1S/C10H9F2N/c1-6-5-8(11)9(12)7-3-4-13(2)10(6)7/h3-5H,1-2H3. The van der Waals surface area contributed by atoms with Gasteiger partial charge in [-0.2, -0.15) is 0 Å². The topological polar surface area (TPSA) is 4.93 Å². The molecule has 0 unspecified atom stereocenters. The first-order valence-electron chi connectivity index (χ1n) is 4.01. The molecule has 0 saturated heterocycles. The van der Waals surface area contributed by atoms with Crippen molar-refractivity contribution in [2.75, 3.05) is 0 Å². The first-order valence-corrected chi connectivity index (χ1v) is 4.01. The van der Waals surface area contributed by atoms with E-state index in [1.54, 1.807) is 23.8 Å². The largest absolute Gasteiger partial charge is 0.350 e. The number of nitrogens with zero attached hydrogens (tertiary/aromatic N) is 1. The molecular weight excluding hydrogens is 172 g/mol. The number of fused-ring (bicyclic) bond motifs is 1. The second-order valence-electron chi connectivity index (χ2n) is 3.18. The van der Waals surface area contributed by atoms with E-state index in [2.05, 4.69) is 0 Å². The lowest BCUT2D eigenvalue weighted by atomic mass is 10.1. The Balaban J connectivity index is 2.99. The van der Waals surface area contributed by atoms with Gasteiger partial charge < -0.3 is 4.57 Å². The van der Waals surface area contributed by atoms with E-state index in [4.69, 9.17) is 0 Å². The molecule has 1 aromatic carbocycles. The van der Waals surface area contributed by atoms with Crippen molar-refractivity contribution in [1.82, 2.24) is 4.57 Å². The molecule has 1 heterocycles. The maximum Gasteiger partial charge on any atom is 0.168 e. The maximum absolute atomic E-state index is 13.2. The fourth-order valence-corrected chi connectivity index (χ4v) is 1.65. The van der Waals surface area contributed by atoms with Crippen molar-refractivity contribution in [1.29, 1.82) is 0 Å². The predicted molar refractivity (Wildman–Crippen MR) is 47.6 cm³/mol. The number of rotatable bonds is 0. The van der Waals surface area contributed by atoms with Gasteiger partial charge in [0.1, 0.15) is 0 Å². The van der Waals surface area contributed by atoms with Gasteiger partial charge in [0.15, 0.2) is 11.6 Å². The van der Waals surface area contributed by atoms with Gasteiger partial charge in [-0.05, 0) is 24.6 Å². The van der Waals surface area contributed by atoms with Crippen molar-refractivity contribution < 1.29 is 8.78 Å². The van der Waals surface area contributed by atoms with Crippen LogP contribution in [0.15, 0.2) is 18.3 Å². The van der Waals surface area contributed by atoms with E-state index in [-0.39, 0.29) is 0 Å². The summed E-state index contributed by atoms with van der Waals surface area (Å²) in [6.45, 7) is 1.77. The Hall–Kier alpha value is -1.38. The second kappa shape index (κ2) is 2.55. The summed E-state index contributed by atoms with van der Waals surface area (Å²) >= 11 is 0. The number of benzene rings is 1. The smallest absolute Gasteiger partial charge is 0.168 e. The minimum Gasteiger partial charge on any atom is -0.350 e. The lowest BCUT2D eigenvalue weighted by Gasteiger charge is -2.02. The van der Waals surface area contributed by atoms with Gasteiger partial charge in [-0.1, -0.05) is 0 Å². The van der Waals surface area contributed by atoms with Crippen LogP contribution >= 0.6 is 0 Å². The predicted octanol–water partition coefficient (Wildman–Crippen LogP) is 2.76. The quantitative estimate of drug-likeness (QED) is 0.589. The molecule has 0 saturated carbocycles. The van der Waals surface area contributed by atoms with E-state index >= 15 is 0 Å². The Bertz CT molecular complexity index is 471. The SMILES string of the molecule is Cc1cc(F)c(F)c2ccn(C)c12. The molecule has 0 radical (unpaired) electrons. The van der Waals surface area contributed by atoms with Crippen LogP contribution in [0.3, 0.4) is 0 Å². The Labute approximate surface area is 74.6 Å².